The molecule has 0 aliphatic carbocycles. The van der Waals surface area contributed by atoms with Gasteiger partial charge in [0.2, 0.25) is 0 Å². The van der Waals surface area contributed by atoms with Gasteiger partial charge >= 0.3 is 0 Å². The lowest BCUT2D eigenvalue weighted by molar-refractivity contribution is 0.244. The standard InChI is InChI=1S/C12H19N3O/c1-10-7-12(14-13-8-10)15-5-2-3-11(9-15)4-6-16/h7-8,11,16H,2-6,9H2,1H3. The number of nitrogens with zero attached hydrogens (tertiary/aromatic N) is 3. The Morgan fingerprint density at radius 1 is 1.56 bits per heavy atom. The monoisotopic (exact) mass is 221 g/mol. The SMILES string of the molecule is Cc1cnnc(N2CCCC(CCO)C2)c1. The predicted molar refractivity (Wildman–Crippen MR) is 63.4 cm³/mol. The molecular formula is C12H19N3O. The molecule has 0 saturated carbocycles. The molecule has 0 aromatic carbocycles. The molecule has 88 valence electrons. The van der Waals surface area contributed by atoms with Crippen molar-refractivity contribution in [2.75, 3.05) is 24.6 Å². The van der Waals surface area contributed by atoms with Crippen molar-refractivity contribution in [3.8, 4) is 0 Å². The Bertz CT molecular complexity index is 341. The van der Waals surface area contributed by atoms with Crippen LogP contribution in [0.15, 0.2) is 12.3 Å². The minimum atomic E-state index is 0.290. The number of rotatable bonds is 3. The zero-order valence-electron chi connectivity index (χ0n) is 9.76. The fourth-order valence-corrected chi connectivity index (χ4v) is 2.29. The summed E-state index contributed by atoms with van der Waals surface area (Å²) in [4.78, 5) is 2.28. The Hall–Kier alpha value is -1.16. The molecule has 1 aromatic heterocycles. The second-order valence-electron chi connectivity index (χ2n) is 4.56. The molecule has 2 rings (SSSR count). The number of hydrogen-bond donors (Lipinski definition) is 1. The second-order valence-corrected chi connectivity index (χ2v) is 4.56. The number of anilines is 1. The summed E-state index contributed by atoms with van der Waals surface area (Å²) in [6, 6.07) is 2.08. The quantitative estimate of drug-likeness (QED) is 0.838. The van der Waals surface area contributed by atoms with Gasteiger partial charge < -0.3 is 10.0 Å². The summed E-state index contributed by atoms with van der Waals surface area (Å²) in [6.45, 7) is 4.38. The molecule has 0 amide bonds. The molecule has 1 N–H and O–H groups in total. The highest BCUT2D eigenvalue weighted by atomic mass is 16.3. The summed E-state index contributed by atoms with van der Waals surface area (Å²) in [5, 5.41) is 17.1. The van der Waals surface area contributed by atoms with E-state index in [0.29, 0.717) is 5.92 Å². The van der Waals surface area contributed by atoms with Gasteiger partial charge in [-0.2, -0.15) is 5.10 Å². The Kier molecular flexibility index (Phi) is 3.72. The largest absolute Gasteiger partial charge is 0.396 e. The average molecular weight is 221 g/mol. The number of hydrogen-bond acceptors (Lipinski definition) is 4. The molecule has 1 aliphatic heterocycles. The van der Waals surface area contributed by atoms with Crippen LogP contribution in [0.3, 0.4) is 0 Å². The fourth-order valence-electron chi connectivity index (χ4n) is 2.29. The van der Waals surface area contributed by atoms with Gasteiger partial charge in [-0.3, -0.25) is 0 Å². The second kappa shape index (κ2) is 5.25. The predicted octanol–water partition coefficient (Wildman–Crippen LogP) is 1.38. The van der Waals surface area contributed by atoms with Crippen LogP contribution in [0.4, 0.5) is 5.82 Å². The Morgan fingerprint density at radius 2 is 2.44 bits per heavy atom. The molecule has 1 aliphatic rings. The molecule has 0 bridgehead atoms. The lowest BCUT2D eigenvalue weighted by Crippen LogP contribution is -2.36. The number of piperidine rings is 1. The van der Waals surface area contributed by atoms with Crippen LogP contribution in [0, 0.1) is 12.8 Å². The van der Waals surface area contributed by atoms with Crippen LogP contribution < -0.4 is 4.90 Å². The van der Waals surface area contributed by atoms with Crippen LogP contribution in [0.2, 0.25) is 0 Å². The van der Waals surface area contributed by atoms with E-state index in [0.717, 1.165) is 30.9 Å². The first-order valence-electron chi connectivity index (χ1n) is 5.94. The highest BCUT2D eigenvalue weighted by Crippen LogP contribution is 2.23. The van der Waals surface area contributed by atoms with Gasteiger partial charge in [0.05, 0.1) is 6.20 Å². The van der Waals surface area contributed by atoms with Gasteiger partial charge in [0.15, 0.2) is 5.82 Å². The van der Waals surface area contributed by atoms with Gasteiger partial charge in [0.25, 0.3) is 0 Å². The smallest absolute Gasteiger partial charge is 0.151 e. The summed E-state index contributed by atoms with van der Waals surface area (Å²) < 4.78 is 0. The normalized spacial score (nSPS) is 21.1. The third-order valence-corrected chi connectivity index (χ3v) is 3.16. The topological polar surface area (TPSA) is 49.2 Å². The van der Waals surface area contributed by atoms with E-state index in [-0.39, 0.29) is 6.61 Å². The molecular weight excluding hydrogens is 202 g/mol. The summed E-state index contributed by atoms with van der Waals surface area (Å²) >= 11 is 0. The maximum atomic E-state index is 8.97. The maximum absolute atomic E-state index is 8.97. The first-order valence-corrected chi connectivity index (χ1v) is 5.94. The minimum Gasteiger partial charge on any atom is -0.396 e. The van der Waals surface area contributed by atoms with E-state index < -0.39 is 0 Å². The van der Waals surface area contributed by atoms with E-state index in [1.165, 1.54) is 12.8 Å². The van der Waals surface area contributed by atoms with E-state index in [1.807, 2.05) is 6.92 Å². The maximum Gasteiger partial charge on any atom is 0.151 e. The van der Waals surface area contributed by atoms with Crippen LogP contribution in [0.25, 0.3) is 0 Å². The van der Waals surface area contributed by atoms with Crippen molar-refractivity contribution < 1.29 is 5.11 Å². The van der Waals surface area contributed by atoms with E-state index in [2.05, 4.69) is 21.2 Å². The summed E-state index contributed by atoms with van der Waals surface area (Å²) in [7, 11) is 0. The molecule has 0 radical (unpaired) electrons. The van der Waals surface area contributed by atoms with Crippen molar-refractivity contribution in [3.05, 3.63) is 17.8 Å². The van der Waals surface area contributed by atoms with E-state index in [1.54, 1.807) is 6.20 Å². The third-order valence-electron chi connectivity index (χ3n) is 3.16. The molecule has 1 unspecified atom stereocenters. The third kappa shape index (κ3) is 2.70. The molecule has 4 heteroatoms. The molecule has 16 heavy (non-hydrogen) atoms. The van der Waals surface area contributed by atoms with Crippen LogP contribution in [0.5, 0.6) is 0 Å². The molecule has 0 spiro atoms. The van der Waals surface area contributed by atoms with Crippen molar-refractivity contribution >= 4 is 5.82 Å². The molecule has 2 heterocycles. The van der Waals surface area contributed by atoms with Gasteiger partial charge in [-0.25, -0.2) is 0 Å². The fraction of sp³-hybridized carbons (Fsp3) is 0.667. The van der Waals surface area contributed by atoms with Crippen LogP contribution in [0.1, 0.15) is 24.8 Å². The lowest BCUT2D eigenvalue weighted by atomic mass is 9.95. The van der Waals surface area contributed by atoms with Gasteiger partial charge in [-0.05, 0) is 43.7 Å². The lowest BCUT2D eigenvalue weighted by Gasteiger charge is -2.33. The van der Waals surface area contributed by atoms with E-state index in [9.17, 15) is 0 Å². The number of aromatic nitrogens is 2. The van der Waals surface area contributed by atoms with Gasteiger partial charge in [0, 0.05) is 19.7 Å². The van der Waals surface area contributed by atoms with E-state index in [4.69, 9.17) is 5.11 Å². The van der Waals surface area contributed by atoms with Crippen molar-refractivity contribution in [2.45, 2.75) is 26.2 Å². The first-order chi connectivity index (χ1) is 7.79. The van der Waals surface area contributed by atoms with Crippen molar-refractivity contribution in [2.24, 2.45) is 5.92 Å². The molecule has 1 fully saturated rings. The van der Waals surface area contributed by atoms with Gasteiger partial charge in [-0.1, -0.05) is 0 Å². The van der Waals surface area contributed by atoms with Crippen molar-refractivity contribution in [1.82, 2.24) is 10.2 Å². The summed E-state index contributed by atoms with van der Waals surface area (Å²) in [5.74, 6) is 1.57. The van der Waals surface area contributed by atoms with Crippen LogP contribution >= 0.6 is 0 Å². The highest BCUT2D eigenvalue weighted by Gasteiger charge is 2.20. The summed E-state index contributed by atoms with van der Waals surface area (Å²) in [6.07, 6.45) is 5.07. The zero-order valence-corrected chi connectivity index (χ0v) is 9.76. The molecule has 1 aromatic rings. The number of aliphatic hydroxyl groups excluding tert-OH is 1. The summed E-state index contributed by atoms with van der Waals surface area (Å²) in [5.41, 5.74) is 1.15. The first kappa shape index (κ1) is 11.3. The average Bonchev–Trinajstić information content (AvgIpc) is 2.30. The van der Waals surface area contributed by atoms with E-state index >= 15 is 0 Å². The van der Waals surface area contributed by atoms with Gasteiger partial charge in [-0.15, -0.1) is 5.10 Å². The number of aliphatic hydroxyl groups is 1. The Morgan fingerprint density at radius 3 is 3.19 bits per heavy atom. The Labute approximate surface area is 96.3 Å². The van der Waals surface area contributed by atoms with Crippen LogP contribution in [-0.2, 0) is 0 Å². The molecule has 1 atom stereocenters. The van der Waals surface area contributed by atoms with Gasteiger partial charge in [0.1, 0.15) is 0 Å². The minimum absolute atomic E-state index is 0.290. The molecule has 1 saturated heterocycles. The molecule has 4 nitrogen and oxygen atoms in total. The Balaban J connectivity index is 2.03. The van der Waals surface area contributed by atoms with Crippen molar-refractivity contribution in [1.29, 1.82) is 0 Å². The zero-order chi connectivity index (χ0) is 11.4. The highest BCUT2D eigenvalue weighted by molar-refractivity contribution is 5.39. The number of aryl methyl sites for hydroxylation is 1. The van der Waals surface area contributed by atoms with Crippen molar-refractivity contribution in [3.63, 3.8) is 0 Å². The van der Waals surface area contributed by atoms with Crippen LogP contribution in [-0.4, -0.2) is 35.0 Å².